The van der Waals surface area contributed by atoms with Crippen molar-refractivity contribution in [2.75, 3.05) is 7.11 Å². The molecule has 0 bridgehead atoms. The van der Waals surface area contributed by atoms with Crippen molar-refractivity contribution < 1.29 is 9.15 Å². The molecule has 4 heteroatoms. The van der Waals surface area contributed by atoms with Crippen molar-refractivity contribution in [2.45, 2.75) is 10.6 Å². The van der Waals surface area contributed by atoms with Gasteiger partial charge in [-0.3, -0.25) is 0 Å². The molecular formula is C13H11NO2S. The van der Waals surface area contributed by atoms with Gasteiger partial charge in [0, 0.05) is 4.90 Å². The van der Waals surface area contributed by atoms with Gasteiger partial charge in [0.1, 0.15) is 17.6 Å². The van der Waals surface area contributed by atoms with Crippen molar-refractivity contribution in [3.63, 3.8) is 0 Å². The minimum absolute atomic E-state index is 0.655. The van der Waals surface area contributed by atoms with Crippen LogP contribution in [0.3, 0.4) is 0 Å². The molecular weight excluding hydrogens is 234 g/mol. The Balaban J connectivity index is 2.16. The lowest BCUT2D eigenvalue weighted by molar-refractivity contribution is 0.413. The van der Waals surface area contributed by atoms with Gasteiger partial charge in [-0.1, -0.05) is 0 Å². The first-order valence-corrected chi connectivity index (χ1v) is 6.05. The van der Waals surface area contributed by atoms with E-state index in [9.17, 15) is 0 Å². The molecule has 0 aliphatic rings. The maximum absolute atomic E-state index is 9.01. The van der Waals surface area contributed by atoms with Gasteiger partial charge in [-0.25, -0.2) is 0 Å². The summed E-state index contributed by atoms with van der Waals surface area (Å²) in [5.41, 5.74) is 0.655. The van der Waals surface area contributed by atoms with Crippen LogP contribution in [0.1, 0.15) is 11.3 Å². The van der Waals surface area contributed by atoms with Gasteiger partial charge in [0.15, 0.2) is 0 Å². The molecule has 0 aliphatic heterocycles. The summed E-state index contributed by atoms with van der Waals surface area (Å²) in [6.07, 6.45) is 1.65. The number of methoxy groups -OCH3 is 1. The van der Waals surface area contributed by atoms with Crippen LogP contribution in [0.5, 0.6) is 5.75 Å². The number of rotatable bonds is 4. The zero-order valence-electron chi connectivity index (χ0n) is 9.34. The normalized spacial score (nSPS) is 9.88. The third kappa shape index (κ3) is 2.83. The van der Waals surface area contributed by atoms with Crippen LogP contribution in [0, 0.1) is 11.3 Å². The molecule has 0 amide bonds. The van der Waals surface area contributed by atoms with E-state index in [1.165, 1.54) is 0 Å². The summed E-state index contributed by atoms with van der Waals surface area (Å²) < 4.78 is 10.4. The summed E-state index contributed by atoms with van der Waals surface area (Å²) >= 11 is 1.56. The minimum Gasteiger partial charge on any atom is -0.497 e. The van der Waals surface area contributed by atoms with E-state index in [0.717, 1.165) is 16.4 Å². The molecule has 0 saturated heterocycles. The lowest BCUT2D eigenvalue weighted by Gasteiger charge is -2.05. The van der Waals surface area contributed by atoms with Gasteiger partial charge < -0.3 is 9.15 Å². The van der Waals surface area contributed by atoms with Crippen molar-refractivity contribution in [1.29, 1.82) is 5.26 Å². The van der Waals surface area contributed by atoms with Crippen LogP contribution in [0.15, 0.2) is 45.9 Å². The van der Waals surface area contributed by atoms with Crippen LogP contribution in [0.4, 0.5) is 0 Å². The highest BCUT2D eigenvalue weighted by molar-refractivity contribution is 7.98. The number of nitriles is 1. The predicted molar refractivity (Wildman–Crippen MR) is 66.0 cm³/mol. The van der Waals surface area contributed by atoms with Crippen molar-refractivity contribution >= 4 is 11.8 Å². The molecule has 0 atom stereocenters. The number of hydrogen-bond donors (Lipinski definition) is 0. The van der Waals surface area contributed by atoms with Crippen LogP contribution in [-0.4, -0.2) is 7.11 Å². The molecule has 0 aliphatic carbocycles. The average Bonchev–Trinajstić information content (AvgIpc) is 2.89. The van der Waals surface area contributed by atoms with E-state index in [1.54, 1.807) is 37.3 Å². The summed E-state index contributed by atoms with van der Waals surface area (Å²) in [5, 5.41) is 9.01. The monoisotopic (exact) mass is 245 g/mol. The highest BCUT2D eigenvalue weighted by atomic mass is 32.2. The zero-order chi connectivity index (χ0) is 12.1. The second kappa shape index (κ2) is 5.46. The molecule has 0 spiro atoms. The van der Waals surface area contributed by atoms with E-state index in [4.69, 9.17) is 14.4 Å². The average molecular weight is 245 g/mol. The third-order valence-electron chi connectivity index (χ3n) is 2.26. The quantitative estimate of drug-likeness (QED) is 0.774. The molecule has 1 heterocycles. The van der Waals surface area contributed by atoms with Crippen molar-refractivity contribution in [3.05, 3.63) is 47.9 Å². The van der Waals surface area contributed by atoms with Crippen LogP contribution < -0.4 is 4.74 Å². The zero-order valence-corrected chi connectivity index (χ0v) is 10.2. The number of nitrogens with zero attached hydrogens (tertiary/aromatic N) is 1. The van der Waals surface area contributed by atoms with E-state index < -0.39 is 0 Å². The van der Waals surface area contributed by atoms with E-state index in [2.05, 4.69) is 6.07 Å². The highest BCUT2D eigenvalue weighted by Gasteiger charge is 2.06. The first-order valence-electron chi connectivity index (χ1n) is 5.07. The molecule has 0 radical (unpaired) electrons. The maximum Gasteiger partial charge on any atom is 0.120 e. The standard InChI is InChI=1S/C13H11NO2S/c1-15-11-5-4-10(8-14)13(7-11)17-9-12-3-2-6-16-12/h2-7H,9H2,1H3. The number of benzene rings is 1. The van der Waals surface area contributed by atoms with Crippen molar-refractivity contribution in [2.24, 2.45) is 0 Å². The summed E-state index contributed by atoms with van der Waals surface area (Å²) in [5.74, 6) is 2.35. The second-order valence-electron chi connectivity index (χ2n) is 3.34. The Morgan fingerprint density at radius 2 is 2.29 bits per heavy atom. The molecule has 0 N–H and O–H groups in total. The van der Waals surface area contributed by atoms with Gasteiger partial charge in [0.2, 0.25) is 0 Å². The van der Waals surface area contributed by atoms with Gasteiger partial charge in [0.05, 0.1) is 24.7 Å². The van der Waals surface area contributed by atoms with Gasteiger partial charge in [-0.05, 0) is 30.3 Å². The smallest absolute Gasteiger partial charge is 0.120 e. The molecule has 3 nitrogen and oxygen atoms in total. The number of thioether (sulfide) groups is 1. The van der Waals surface area contributed by atoms with Gasteiger partial charge in [-0.2, -0.15) is 5.26 Å². The fourth-order valence-electron chi connectivity index (χ4n) is 1.39. The molecule has 2 rings (SSSR count). The summed E-state index contributed by atoms with van der Waals surface area (Å²) in [6, 6.07) is 11.4. The maximum atomic E-state index is 9.01. The SMILES string of the molecule is COc1ccc(C#N)c(SCc2ccco2)c1. The highest BCUT2D eigenvalue weighted by Crippen LogP contribution is 2.29. The Hall–Kier alpha value is -1.86. The molecule has 2 aromatic rings. The van der Waals surface area contributed by atoms with Gasteiger partial charge in [-0.15, -0.1) is 11.8 Å². The van der Waals surface area contributed by atoms with Crippen LogP contribution in [-0.2, 0) is 5.75 Å². The minimum atomic E-state index is 0.655. The Morgan fingerprint density at radius 3 is 2.94 bits per heavy atom. The second-order valence-corrected chi connectivity index (χ2v) is 4.36. The number of furan rings is 1. The molecule has 0 unspecified atom stereocenters. The van der Waals surface area contributed by atoms with E-state index >= 15 is 0 Å². The van der Waals surface area contributed by atoms with Crippen LogP contribution in [0.25, 0.3) is 0 Å². The predicted octanol–water partition coefficient (Wildman–Crippen LogP) is 3.45. The van der Waals surface area contributed by atoms with E-state index in [1.807, 2.05) is 18.2 Å². The van der Waals surface area contributed by atoms with E-state index in [-0.39, 0.29) is 0 Å². The fraction of sp³-hybridized carbons (Fsp3) is 0.154. The molecule has 0 saturated carbocycles. The Kier molecular flexibility index (Phi) is 3.73. The summed E-state index contributed by atoms with van der Waals surface area (Å²) in [4.78, 5) is 0.906. The Bertz CT molecular complexity index is 529. The number of hydrogen-bond acceptors (Lipinski definition) is 4. The molecule has 1 aromatic heterocycles. The fourth-order valence-corrected chi connectivity index (χ4v) is 2.32. The Morgan fingerprint density at radius 1 is 1.41 bits per heavy atom. The Labute approximate surface area is 104 Å². The summed E-state index contributed by atoms with van der Waals surface area (Å²) in [6.45, 7) is 0. The van der Waals surface area contributed by atoms with Crippen molar-refractivity contribution in [1.82, 2.24) is 0 Å². The van der Waals surface area contributed by atoms with Gasteiger partial charge >= 0.3 is 0 Å². The number of ether oxygens (including phenoxy) is 1. The largest absolute Gasteiger partial charge is 0.497 e. The lowest BCUT2D eigenvalue weighted by Crippen LogP contribution is -1.87. The first kappa shape index (κ1) is 11.6. The molecule has 0 fully saturated rings. The van der Waals surface area contributed by atoms with Crippen LogP contribution >= 0.6 is 11.8 Å². The lowest BCUT2D eigenvalue weighted by atomic mass is 10.2. The molecule has 86 valence electrons. The van der Waals surface area contributed by atoms with Crippen molar-refractivity contribution in [3.8, 4) is 11.8 Å². The van der Waals surface area contributed by atoms with E-state index in [0.29, 0.717) is 11.3 Å². The molecule has 17 heavy (non-hydrogen) atoms. The summed E-state index contributed by atoms with van der Waals surface area (Å²) in [7, 11) is 1.61. The van der Waals surface area contributed by atoms with Gasteiger partial charge in [0.25, 0.3) is 0 Å². The molecule has 1 aromatic carbocycles. The first-order chi connectivity index (χ1) is 8.33. The third-order valence-corrected chi connectivity index (χ3v) is 3.34. The topological polar surface area (TPSA) is 46.2 Å². The van der Waals surface area contributed by atoms with Crippen LogP contribution in [0.2, 0.25) is 0 Å².